The van der Waals surface area contributed by atoms with Crippen molar-refractivity contribution in [3.05, 3.63) is 0 Å². The van der Waals surface area contributed by atoms with Gasteiger partial charge < -0.3 is 16.0 Å². The van der Waals surface area contributed by atoms with Gasteiger partial charge in [0.2, 0.25) is 11.8 Å². The summed E-state index contributed by atoms with van der Waals surface area (Å²) in [6, 6.07) is 1.60. The normalized spacial score (nSPS) is 40.6. The second kappa shape index (κ2) is 8.57. The van der Waals surface area contributed by atoms with E-state index >= 15 is 0 Å². The van der Waals surface area contributed by atoms with Gasteiger partial charge in [-0.1, -0.05) is 0 Å². The van der Waals surface area contributed by atoms with Crippen molar-refractivity contribution in [2.24, 2.45) is 34.8 Å². The minimum absolute atomic E-state index is 0.0160. The van der Waals surface area contributed by atoms with Gasteiger partial charge in [-0.3, -0.25) is 14.9 Å². The number of hydrogen-bond acceptors (Lipinski definition) is 6. The average molecular weight is 446 g/mol. The van der Waals surface area contributed by atoms with Crippen LogP contribution in [-0.4, -0.2) is 59.6 Å². The molecule has 1 unspecified atom stereocenters. The Kier molecular flexibility index (Phi) is 5.95. The van der Waals surface area contributed by atoms with Crippen molar-refractivity contribution in [2.75, 3.05) is 24.7 Å². The molecule has 2 saturated heterocycles. The standard InChI is InChI=1S/C23H35N5O2S/c24-10-18(6-17-1-2-26-21(17)29)27-11-19-12-31-13-28(19)22(30)20(25)23-7-14-3-15(8-23)5-16(4-14)9-23/h14-20,27H,1-9,11-13,25H2,(H,26,29)/t14?,15?,16?,17-,18-,19?,20+,23?/m0/s1. The molecule has 4 bridgehead atoms. The minimum Gasteiger partial charge on any atom is -0.356 e. The molecule has 6 rings (SSSR count). The topological polar surface area (TPSA) is 111 Å². The largest absolute Gasteiger partial charge is 0.356 e. The zero-order valence-electron chi connectivity index (χ0n) is 18.2. The van der Waals surface area contributed by atoms with Gasteiger partial charge in [0.15, 0.2) is 0 Å². The lowest BCUT2D eigenvalue weighted by Gasteiger charge is -2.58. The molecule has 7 nitrogen and oxygen atoms in total. The van der Waals surface area contributed by atoms with E-state index in [9.17, 15) is 14.9 Å². The van der Waals surface area contributed by atoms with Crippen LogP contribution in [0.5, 0.6) is 0 Å². The molecule has 170 valence electrons. The van der Waals surface area contributed by atoms with Gasteiger partial charge in [0.05, 0.1) is 30.1 Å². The molecular formula is C23H35N5O2S. The molecule has 2 heterocycles. The zero-order valence-corrected chi connectivity index (χ0v) is 19.0. The number of thioether (sulfide) groups is 1. The first-order valence-corrected chi connectivity index (χ1v) is 13.2. The van der Waals surface area contributed by atoms with Crippen LogP contribution in [0.1, 0.15) is 51.4 Å². The summed E-state index contributed by atoms with van der Waals surface area (Å²) < 4.78 is 0. The molecule has 4 aliphatic carbocycles. The van der Waals surface area contributed by atoms with Gasteiger partial charge in [-0.15, -0.1) is 11.8 Å². The number of amides is 2. The van der Waals surface area contributed by atoms with E-state index in [-0.39, 0.29) is 35.2 Å². The van der Waals surface area contributed by atoms with Crippen LogP contribution < -0.4 is 16.4 Å². The SMILES string of the molecule is N#C[C@H](C[C@@H]1CCNC1=O)NCC1CSCN1C(=O)[C@@H](N)C12CC3CC(CC(C3)C1)C2. The van der Waals surface area contributed by atoms with Crippen molar-refractivity contribution in [3.8, 4) is 6.07 Å². The summed E-state index contributed by atoms with van der Waals surface area (Å²) in [6.07, 6.45) is 8.77. The highest BCUT2D eigenvalue weighted by Crippen LogP contribution is 2.61. The highest BCUT2D eigenvalue weighted by atomic mass is 32.2. The Bertz CT molecular complexity index is 732. The van der Waals surface area contributed by atoms with Crippen LogP contribution in [0.3, 0.4) is 0 Å². The molecule has 8 heteroatoms. The third-order valence-corrected chi connectivity index (χ3v) is 9.80. The van der Waals surface area contributed by atoms with Crippen LogP contribution in [0.4, 0.5) is 0 Å². The van der Waals surface area contributed by atoms with E-state index in [1.807, 2.05) is 4.90 Å². The smallest absolute Gasteiger partial charge is 0.241 e. The van der Waals surface area contributed by atoms with E-state index in [1.165, 1.54) is 19.3 Å². The Morgan fingerprint density at radius 2 is 1.97 bits per heavy atom. The number of nitrogens with zero attached hydrogens (tertiary/aromatic N) is 2. The predicted molar refractivity (Wildman–Crippen MR) is 120 cm³/mol. The maximum atomic E-state index is 13.5. The third-order valence-electron chi connectivity index (χ3n) is 8.71. The van der Waals surface area contributed by atoms with Crippen molar-refractivity contribution in [2.45, 2.75) is 69.5 Å². The summed E-state index contributed by atoms with van der Waals surface area (Å²) in [5, 5.41) is 15.7. The van der Waals surface area contributed by atoms with E-state index in [1.54, 1.807) is 11.8 Å². The van der Waals surface area contributed by atoms with Crippen molar-refractivity contribution in [1.82, 2.24) is 15.5 Å². The fourth-order valence-electron chi connectivity index (χ4n) is 7.51. The van der Waals surface area contributed by atoms with Crippen molar-refractivity contribution >= 4 is 23.6 Å². The lowest BCUT2D eigenvalue weighted by Crippen LogP contribution is -2.61. The van der Waals surface area contributed by atoms with Gasteiger partial charge in [0.1, 0.15) is 0 Å². The molecule has 0 aromatic heterocycles. The van der Waals surface area contributed by atoms with Gasteiger partial charge >= 0.3 is 0 Å². The number of carbonyl (C=O) groups excluding carboxylic acids is 2. The van der Waals surface area contributed by atoms with E-state index in [0.717, 1.165) is 49.2 Å². The van der Waals surface area contributed by atoms with Crippen LogP contribution >= 0.6 is 11.8 Å². The van der Waals surface area contributed by atoms with Gasteiger partial charge in [0, 0.05) is 24.8 Å². The molecule has 0 spiro atoms. The fourth-order valence-corrected chi connectivity index (χ4v) is 8.72. The van der Waals surface area contributed by atoms with Gasteiger partial charge in [-0.2, -0.15) is 5.26 Å². The fraction of sp³-hybridized carbons (Fsp3) is 0.870. The van der Waals surface area contributed by atoms with Gasteiger partial charge in [-0.05, 0) is 74.5 Å². The molecule has 4 saturated carbocycles. The molecular weight excluding hydrogens is 410 g/mol. The Morgan fingerprint density at radius 1 is 1.29 bits per heavy atom. The molecule has 0 aromatic rings. The summed E-state index contributed by atoms with van der Waals surface area (Å²) >= 11 is 1.77. The number of nitriles is 1. The lowest BCUT2D eigenvalue weighted by atomic mass is 9.47. The number of rotatable bonds is 7. The predicted octanol–water partition coefficient (Wildman–Crippen LogP) is 1.44. The van der Waals surface area contributed by atoms with Crippen molar-refractivity contribution < 1.29 is 9.59 Å². The lowest BCUT2D eigenvalue weighted by molar-refractivity contribution is -0.143. The molecule has 6 aliphatic rings. The van der Waals surface area contributed by atoms with E-state index in [4.69, 9.17) is 5.73 Å². The summed E-state index contributed by atoms with van der Waals surface area (Å²) in [4.78, 5) is 27.4. The summed E-state index contributed by atoms with van der Waals surface area (Å²) in [6.45, 7) is 1.28. The van der Waals surface area contributed by atoms with Crippen LogP contribution in [0.15, 0.2) is 0 Å². The second-order valence-corrected chi connectivity index (χ2v) is 11.8. The van der Waals surface area contributed by atoms with Gasteiger partial charge in [-0.25, -0.2) is 0 Å². The van der Waals surface area contributed by atoms with E-state index in [2.05, 4.69) is 16.7 Å². The first kappa shape index (κ1) is 21.5. The highest BCUT2D eigenvalue weighted by molar-refractivity contribution is 7.99. The quantitative estimate of drug-likeness (QED) is 0.547. The maximum Gasteiger partial charge on any atom is 0.241 e. The Labute approximate surface area is 189 Å². The number of nitrogens with one attached hydrogen (secondary N) is 2. The highest BCUT2D eigenvalue weighted by Gasteiger charge is 2.55. The molecule has 4 N–H and O–H groups in total. The van der Waals surface area contributed by atoms with E-state index < -0.39 is 6.04 Å². The van der Waals surface area contributed by atoms with Crippen LogP contribution in [0.25, 0.3) is 0 Å². The zero-order chi connectivity index (χ0) is 21.6. The number of hydrogen-bond donors (Lipinski definition) is 3. The third kappa shape index (κ3) is 4.09. The first-order valence-electron chi connectivity index (χ1n) is 12.0. The summed E-state index contributed by atoms with van der Waals surface area (Å²) in [5.74, 6) is 3.97. The Hall–Kier alpha value is -1.30. The maximum absolute atomic E-state index is 13.5. The van der Waals surface area contributed by atoms with Crippen LogP contribution in [0.2, 0.25) is 0 Å². The Balaban J connectivity index is 1.19. The molecule has 0 aromatic carbocycles. The molecule has 4 atom stereocenters. The van der Waals surface area contributed by atoms with Crippen molar-refractivity contribution in [3.63, 3.8) is 0 Å². The van der Waals surface area contributed by atoms with Gasteiger partial charge in [0.25, 0.3) is 0 Å². The first-order chi connectivity index (χ1) is 15.0. The summed E-state index contributed by atoms with van der Waals surface area (Å²) in [7, 11) is 0. The monoisotopic (exact) mass is 445 g/mol. The van der Waals surface area contributed by atoms with Crippen molar-refractivity contribution in [1.29, 1.82) is 5.26 Å². The van der Waals surface area contributed by atoms with E-state index in [0.29, 0.717) is 25.4 Å². The number of nitrogens with two attached hydrogens (primary N) is 1. The molecule has 6 fully saturated rings. The molecule has 0 radical (unpaired) electrons. The molecule has 2 aliphatic heterocycles. The molecule has 2 amide bonds. The molecule has 31 heavy (non-hydrogen) atoms. The summed E-state index contributed by atoms with van der Waals surface area (Å²) in [5.41, 5.74) is 6.76. The van der Waals surface area contributed by atoms with Crippen LogP contribution in [-0.2, 0) is 9.59 Å². The Morgan fingerprint density at radius 3 is 2.55 bits per heavy atom. The average Bonchev–Trinajstić information content (AvgIpc) is 3.37. The number of carbonyl (C=O) groups is 2. The van der Waals surface area contributed by atoms with Crippen LogP contribution in [0, 0.1) is 40.4 Å². The minimum atomic E-state index is -0.393. The second-order valence-electron chi connectivity index (χ2n) is 10.8.